The summed E-state index contributed by atoms with van der Waals surface area (Å²) in [6.07, 6.45) is 0. The largest absolute Gasteiger partial charge is 0.387 e. The fourth-order valence-electron chi connectivity index (χ4n) is 2.94. The van der Waals surface area contributed by atoms with Crippen LogP contribution < -0.4 is 10.2 Å². The summed E-state index contributed by atoms with van der Waals surface area (Å²) in [7, 11) is 0.347. The summed E-state index contributed by atoms with van der Waals surface area (Å²) in [5.41, 5.74) is 1.69. The molecule has 0 atom stereocenters. The number of rotatable bonds is 4. The maximum Gasteiger partial charge on any atom is 0.208 e. The van der Waals surface area contributed by atoms with Crippen LogP contribution in [0.2, 0.25) is 0 Å². The second-order valence-corrected chi connectivity index (χ2v) is 7.96. The summed E-state index contributed by atoms with van der Waals surface area (Å²) < 4.78 is 25.8. The molecule has 1 aliphatic heterocycles. The van der Waals surface area contributed by atoms with Crippen molar-refractivity contribution in [3.63, 3.8) is 0 Å². The Hall–Kier alpha value is -2.05. The SMILES string of the molecule is CNc1cc(N2CCN(C)CC2)ccc1S(=O)(=O)c1ccccc1. The molecule has 2 aromatic rings. The van der Waals surface area contributed by atoms with E-state index in [1.165, 1.54) is 0 Å². The number of piperazine rings is 1. The van der Waals surface area contributed by atoms with E-state index in [1.807, 2.05) is 18.2 Å². The van der Waals surface area contributed by atoms with Crippen LogP contribution in [-0.2, 0) is 9.84 Å². The normalized spacial score (nSPS) is 16.2. The first-order chi connectivity index (χ1) is 11.5. The average Bonchev–Trinajstić information content (AvgIpc) is 2.62. The number of nitrogens with zero attached hydrogens (tertiary/aromatic N) is 2. The van der Waals surface area contributed by atoms with Crippen LogP contribution in [0, 0.1) is 0 Å². The molecule has 0 spiro atoms. The number of sulfone groups is 1. The van der Waals surface area contributed by atoms with Crippen molar-refractivity contribution in [2.45, 2.75) is 9.79 Å². The van der Waals surface area contributed by atoms with Gasteiger partial charge in [0, 0.05) is 38.9 Å². The molecule has 1 N–H and O–H groups in total. The zero-order valence-electron chi connectivity index (χ0n) is 14.1. The predicted molar refractivity (Wildman–Crippen MR) is 97.6 cm³/mol. The van der Waals surface area contributed by atoms with E-state index in [-0.39, 0.29) is 0 Å². The Bertz CT molecular complexity index is 798. The van der Waals surface area contributed by atoms with Gasteiger partial charge >= 0.3 is 0 Å². The topological polar surface area (TPSA) is 52.6 Å². The van der Waals surface area contributed by atoms with Gasteiger partial charge in [-0.05, 0) is 37.4 Å². The molecular formula is C18H23N3O2S. The highest BCUT2D eigenvalue weighted by atomic mass is 32.2. The van der Waals surface area contributed by atoms with Crippen molar-refractivity contribution < 1.29 is 8.42 Å². The van der Waals surface area contributed by atoms with Crippen LogP contribution in [-0.4, -0.2) is 53.6 Å². The quantitative estimate of drug-likeness (QED) is 0.922. The van der Waals surface area contributed by atoms with Crippen molar-refractivity contribution in [2.24, 2.45) is 0 Å². The highest BCUT2D eigenvalue weighted by Crippen LogP contribution is 2.31. The summed E-state index contributed by atoms with van der Waals surface area (Å²) >= 11 is 0. The zero-order chi connectivity index (χ0) is 17.2. The number of benzene rings is 2. The highest BCUT2D eigenvalue weighted by molar-refractivity contribution is 7.91. The predicted octanol–water partition coefficient (Wildman–Crippen LogP) is 2.31. The monoisotopic (exact) mass is 345 g/mol. The fraction of sp³-hybridized carbons (Fsp3) is 0.333. The summed E-state index contributed by atoms with van der Waals surface area (Å²) in [4.78, 5) is 5.21. The third kappa shape index (κ3) is 3.25. The number of anilines is 2. The lowest BCUT2D eigenvalue weighted by atomic mass is 10.2. The minimum Gasteiger partial charge on any atom is -0.387 e. The summed E-state index contributed by atoms with van der Waals surface area (Å²) in [6.45, 7) is 3.92. The molecule has 6 heteroatoms. The maximum absolute atomic E-state index is 12.9. The van der Waals surface area contributed by atoms with Gasteiger partial charge in [-0.2, -0.15) is 0 Å². The van der Waals surface area contributed by atoms with Gasteiger partial charge in [-0.25, -0.2) is 8.42 Å². The Kier molecular flexibility index (Phi) is 4.78. The van der Waals surface area contributed by atoms with E-state index < -0.39 is 9.84 Å². The van der Waals surface area contributed by atoms with Gasteiger partial charge < -0.3 is 15.1 Å². The third-order valence-corrected chi connectivity index (χ3v) is 6.27. The molecule has 2 aromatic carbocycles. The van der Waals surface area contributed by atoms with Crippen molar-refractivity contribution in [1.29, 1.82) is 0 Å². The Balaban J connectivity index is 1.96. The van der Waals surface area contributed by atoms with Gasteiger partial charge in [-0.15, -0.1) is 0 Å². The van der Waals surface area contributed by atoms with Gasteiger partial charge in [0.25, 0.3) is 0 Å². The lowest BCUT2D eigenvalue weighted by Crippen LogP contribution is -2.44. The van der Waals surface area contributed by atoms with Gasteiger partial charge in [0.1, 0.15) is 0 Å². The van der Waals surface area contributed by atoms with Gasteiger partial charge in [0.05, 0.1) is 15.5 Å². The number of hydrogen-bond acceptors (Lipinski definition) is 5. The molecular weight excluding hydrogens is 322 g/mol. The first-order valence-electron chi connectivity index (χ1n) is 8.08. The third-order valence-electron chi connectivity index (χ3n) is 4.44. The molecule has 128 valence electrons. The van der Waals surface area contributed by atoms with Crippen LogP contribution in [0.15, 0.2) is 58.3 Å². The van der Waals surface area contributed by atoms with Gasteiger partial charge in [-0.3, -0.25) is 0 Å². The van der Waals surface area contributed by atoms with Crippen molar-refractivity contribution >= 4 is 21.2 Å². The van der Waals surface area contributed by atoms with E-state index in [0.29, 0.717) is 15.5 Å². The number of hydrogen-bond donors (Lipinski definition) is 1. The van der Waals surface area contributed by atoms with E-state index in [1.54, 1.807) is 37.4 Å². The van der Waals surface area contributed by atoms with Crippen LogP contribution in [0.1, 0.15) is 0 Å². The molecule has 0 aliphatic carbocycles. The van der Waals surface area contributed by atoms with Crippen molar-refractivity contribution in [3.8, 4) is 0 Å². The Labute approximate surface area is 143 Å². The summed E-state index contributed by atoms with van der Waals surface area (Å²) in [6, 6.07) is 14.1. The van der Waals surface area contributed by atoms with Gasteiger partial charge in [0.15, 0.2) is 0 Å². The Morgan fingerprint density at radius 3 is 2.25 bits per heavy atom. The Morgan fingerprint density at radius 2 is 1.62 bits per heavy atom. The zero-order valence-corrected chi connectivity index (χ0v) is 14.9. The van der Waals surface area contributed by atoms with E-state index in [0.717, 1.165) is 31.9 Å². The first kappa shape index (κ1) is 16.8. The van der Waals surface area contributed by atoms with E-state index in [9.17, 15) is 8.42 Å². The standard InChI is InChI=1S/C18H23N3O2S/c1-19-17-14-15(21-12-10-20(2)11-13-21)8-9-18(17)24(22,23)16-6-4-3-5-7-16/h3-9,14,19H,10-13H2,1-2H3. The molecule has 5 nitrogen and oxygen atoms in total. The molecule has 0 aromatic heterocycles. The molecule has 0 saturated carbocycles. The highest BCUT2D eigenvalue weighted by Gasteiger charge is 2.22. The molecule has 0 bridgehead atoms. The van der Waals surface area contributed by atoms with Crippen LogP contribution in [0.5, 0.6) is 0 Å². The molecule has 3 rings (SSSR count). The molecule has 0 unspecified atom stereocenters. The van der Waals surface area contributed by atoms with E-state index in [2.05, 4.69) is 22.2 Å². The smallest absolute Gasteiger partial charge is 0.208 e. The maximum atomic E-state index is 12.9. The molecule has 1 heterocycles. The molecule has 1 aliphatic rings. The minimum atomic E-state index is -3.53. The van der Waals surface area contributed by atoms with Gasteiger partial charge in [0.2, 0.25) is 9.84 Å². The van der Waals surface area contributed by atoms with Gasteiger partial charge in [-0.1, -0.05) is 18.2 Å². The second kappa shape index (κ2) is 6.83. The van der Waals surface area contributed by atoms with E-state index in [4.69, 9.17) is 0 Å². The van der Waals surface area contributed by atoms with E-state index >= 15 is 0 Å². The molecule has 0 amide bonds. The number of nitrogens with one attached hydrogen (secondary N) is 1. The average molecular weight is 345 g/mol. The lowest BCUT2D eigenvalue weighted by molar-refractivity contribution is 0.313. The fourth-order valence-corrected chi connectivity index (χ4v) is 4.40. The molecule has 1 saturated heterocycles. The van der Waals surface area contributed by atoms with Crippen molar-refractivity contribution in [1.82, 2.24) is 4.90 Å². The Morgan fingerprint density at radius 1 is 0.958 bits per heavy atom. The minimum absolute atomic E-state index is 0.314. The van der Waals surface area contributed by atoms with Crippen LogP contribution in [0.25, 0.3) is 0 Å². The lowest BCUT2D eigenvalue weighted by Gasteiger charge is -2.34. The summed E-state index contributed by atoms with van der Waals surface area (Å²) in [5.74, 6) is 0. The molecule has 0 radical (unpaired) electrons. The summed E-state index contributed by atoms with van der Waals surface area (Å²) in [5, 5.41) is 3.04. The second-order valence-electron chi connectivity index (χ2n) is 6.04. The van der Waals surface area contributed by atoms with Crippen LogP contribution >= 0.6 is 0 Å². The van der Waals surface area contributed by atoms with Crippen LogP contribution in [0.4, 0.5) is 11.4 Å². The van der Waals surface area contributed by atoms with Crippen molar-refractivity contribution in [3.05, 3.63) is 48.5 Å². The first-order valence-corrected chi connectivity index (χ1v) is 9.56. The molecule has 1 fully saturated rings. The number of likely N-dealkylation sites (N-methyl/N-ethyl adjacent to an activating group) is 1. The van der Waals surface area contributed by atoms with Crippen LogP contribution in [0.3, 0.4) is 0 Å². The van der Waals surface area contributed by atoms with Crippen molar-refractivity contribution in [2.75, 3.05) is 50.5 Å². The molecule has 24 heavy (non-hydrogen) atoms.